The highest BCUT2D eigenvalue weighted by Crippen LogP contribution is 2.36. The van der Waals surface area contributed by atoms with E-state index in [1.54, 1.807) is 16.0 Å². The lowest BCUT2D eigenvalue weighted by molar-refractivity contribution is 0.0214. The molecule has 2 amide bonds. The van der Waals surface area contributed by atoms with Gasteiger partial charge in [-0.1, -0.05) is 62.4 Å². The highest BCUT2D eigenvalue weighted by Gasteiger charge is 2.38. The molecule has 2 aliphatic rings. The fourth-order valence-electron chi connectivity index (χ4n) is 6.66. The second-order valence-electron chi connectivity index (χ2n) is 14.3. The van der Waals surface area contributed by atoms with Crippen molar-refractivity contribution in [3.05, 3.63) is 78.9 Å². The van der Waals surface area contributed by atoms with Crippen molar-refractivity contribution in [1.29, 1.82) is 0 Å². The second-order valence-corrected chi connectivity index (χ2v) is 14.3. The Balaban J connectivity index is 1.03. The Bertz CT molecular complexity index is 1960. The maximum atomic E-state index is 12.9. The van der Waals surface area contributed by atoms with Crippen LogP contribution in [-0.4, -0.2) is 67.2 Å². The summed E-state index contributed by atoms with van der Waals surface area (Å²) in [5, 5.41) is 2.25. The summed E-state index contributed by atoms with van der Waals surface area (Å²) in [6, 6.07) is 21.1. The zero-order valence-corrected chi connectivity index (χ0v) is 28.1. The fraction of sp³-hybridized carbons (Fsp3) is 0.368. The first-order valence-corrected chi connectivity index (χ1v) is 16.7. The maximum absolute atomic E-state index is 12.9. The van der Waals surface area contributed by atoms with E-state index >= 15 is 0 Å². The molecule has 0 spiro atoms. The fourth-order valence-corrected chi connectivity index (χ4v) is 6.66. The summed E-state index contributed by atoms with van der Waals surface area (Å²) >= 11 is 0. The van der Waals surface area contributed by atoms with Crippen LogP contribution in [0.1, 0.15) is 59.3 Å². The third-order valence-electron chi connectivity index (χ3n) is 9.15. The molecule has 48 heavy (non-hydrogen) atoms. The number of H-pyrrole nitrogens is 2. The number of nitrogens with one attached hydrogen (secondary N) is 2. The first-order chi connectivity index (χ1) is 23.0. The summed E-state index contributed by atoms with van der Waals surface area (Å²) < 4.78 is 11.2. The highest BCUT2D eigenvalue weighted by molar-refractivity contribution is 5.90. The molecule has 10 nitrogen and oxygen atoms in total. The van der Waals surface area contributed by atoms with Gasteiger partial charge in [-0.25, -0.2) is 19.6 Å². The monoisotopic (exact) mass is 646 g/mol. The Labute approximate surface area is 280 Å². The summed E-state index contributed by atoms with van der Waals surface area (Å²) in [5.41, 5.74) is 5.35. The van der Waals surface area contributed by atoms with Crippen molar-refractivity contribution in [2.24, 2.45) is 11.8 Å². The minimum atomic E-state index is -0.550. The molecule has 0 bridgehead atoms. The molecule has 2 fully saturated rings. The van der Waals surface area contributed by atoms with Crippen molar-refractivity contribution in [2.75, 3.05) is 19.6 Å². The van der Waals surface area contributed by atoms with E-state index < -0.39 is 5.60 Å². The molecule has 0 saturated carbocycles. The average Bonchev–Trinajstić information content (AvgIpc) is 3.87. The molecular weight excluding hydrogens is 604 g/mol. The largest absolute Gasteiger partial charge is 0.444 e. The predicted octanol–water partition coefficient (Wildman–Crippen LogP) is 8.45. The highest BCUT2D eigenvalue weighted by atomic mass is 16.6. The van der Waals surface area contributed by atoms with Crippen LogP contribution in [-0.2, 0) is 4.74 Å². The minimum Gasteiger partial charge on any atom is -0.444 e. The molecule has 4 heterocycles. The molecule has 10 heteroatoms. The molecule has 0 aliphatic carbocycles. The van der Waals surface area contributed by atoms with Crippen LogP contribution in [0.3, 0.4) is 0 Å². The summed E-state index contributed by atoms with van der Waals surface area (Å²) in [6.07, 6.45) is 4.71. The first kappa shape index (κ1) is 31.5. The topological polar surface area (TPSA) is 116 Å². The SMILES string of the molecule is CC1CCN(C(=O)Oc2ncc(-c3ccc(-c4ccc5cc(-c6cnc([C@@H]7C[C@H](C)CN7C(=O)OC(C)(C)C)[nH]6)ccc5c4)cc3)[nH]2)C1. The smallest absolute Gasteiger partial charge is 0.417 e. The van der Waals surface area contributed by atoms with Crippen molar-refractivity contribution in [1.82, 2.24) is 29.7 Å². The average molecular weight is 647 g/mol. The second kappa shape index (κ2) is 12.5. The molecule has 2 aliphatic heterocycles. The molecule has 3 atom stereocenters. The minimum absolute atomic E-state index is 0.144. The number of likely N-dealkylation sites (tertiary alicyclic amines) is 2. The van der Waals surface area contributed by atoms with Gasteiger partial charge in [0, 0.05) is 25.2 Å². The number of hydrogen-bond donors (Lipinski definition) is 2. The van der Waals surface area contributed by atoms with Gasteiger partial charge in [-0.05, 0) is 85.0 Å². The number of aromatic nitrogens is 4. The molecule has 248 valence electrons. The van der Waals surface area contributed by atoms with Crippen molar-refractivity contribution < 1.29 is 19.1 Å². The van der Waals surface area contributed by atoms with Crippen molar-refractivity contribution in [2.45, 2.75) is 59.1 Å². The lowest BCUT2D eigenvalue weighted by Crippen LogP contribution is -2.37. The van der Waals surface area contributed by atoms with Gasteiger partial charge in [-0.2, -0.15) is 0 Å². The summed E-state index contributed by atoms with van der Waals surface area (Å²) in [4.78, 5) is 44.5. The van der Waals surface area contributed by atoms with Crippen LogP contribution in [0.2, 0.25) is 0 Å². The van der Waals surface area contributed by atoms with E-state index in [4.69, 9.17) is 14.5 Å². The van der Waals surface area contributed by atoms with Crippen LogP contribution in [0.25, 0.3) is 44.4 Å². The number of rotatable bonds is 5. The Morgan fingerprint density at radius 1 is 0.771 bits per heavy atom. The normalized spacial score (nSPS) is 19.6. The van der Waals surface area contributed by atoms with Crippen LogP contribution < -0.4 is 4.74 Å². The third kappa shape index (κ3) is 6.65. The number of fused-ring (bicyclic) bond motifs is 1. The molecule has 2 aromatic heterocycles. The number of benzene rings is 3. The van der Waals surface area contributed by atoms with Crippen LogP contribution >= 0.6 is 0 Å². The summed E-state index contributed by atoms with van der Waals surface area (Å²) in [5.74, 6) is 1.63. The molecule has 0 radical (unpaired) electrons. The van der Waals surface area contributed by atoms with Crippen LogP contribution in [0, 0.1) is 11.8 Å². The van der Waals surface area contributed by atoms with Crippen LogP contribution in [0.5, 0.6) is 6.01 Å². The Morgan fingerprint density at radius 2 is 1.42 bits per heavy atom. The van der Waals surface area contributed by atoms with Crippen LogP contribution in [0.15, 0.2) is 73.1 Å². The van der Waals surface area contributed by atoms with Crippen molar-refractivity contribution >= 4 is 23.0 Å². The van der Waals surface area contributed by atoms with E-state index in [1.165, 1.54) is 0 Å². The van der Waals surface area contributed by atoms with Gasteiger partial charge in [0.25, 0.3) is 0 Å². The first-order valence-electron chi connectivity index (χ1n) is 16.7. The van der Waals surface area contributed by atoms with Crippen molar-refractivity contribution in [3.63, 3.8) is 0 Å². The number of nitrogens with zero attached hydrogens (tertiary/aromatic N) is 4. The molecule has 1 unspecified atom stereocenters. The molecule has 2 saturated heterocycles. The maximum Gasteiger partial charge on any atom is 0.417 e. The van der Waals surface area contributed by atoms with Gasteiger partial charge >= 0.3 is 18.2 Å². The standard InChI is InChI=1S/C38H42N6O4/c1-23-14-15-43(21-23)36(45)47-35-40-20-31(42-35)26-8-6-25(7-9-26)27-10-11-29-18-30(13-12-28(29)17-27)32-19-39-34(41-32)33-16-24(2)22-44(33)37(46)48-38(3,4)5/h6-13,17-20,23-24,33H,14-16,21-22H2,1-5H3,(H,39,41)(H,40,42)/t23?,24-,33-/m0/s1. The Hall–Kier alpha value is -5.12. The van der Waals surface area contributed by atoms with Gasteiger partial charge in [0.2, 0.25) is 0 Å². The van der Waals surface area contributed by atoms with Crippen molar-refractivity contribution in [3.8, 4) is 39.7 Å². The Kier molecular flexibility index (Phi) is 8.19. The molecule has 5 aromatic rings. The summed E-state index contributed by atoms with van der Waals surface area (Å²) in [7, 11) is 0. The number of carbonyl (C=O) groups is 2. The zero-order chi connectivity index (χ0) is 33.6. The molecule has 3 aromatic carbocycles. The van der Waals surface area contributed by atoms with Gasteiger partial charge in [-0.3, -0.25) is 4.90 Å². The van der Waals surface area contributed by atoms with Gasteiger partial charge in [-0.15, -0.1) is 0 Å². The van der Waals surface area contributed by atoms with Gasteiger partial charge < -0.3 is 24.3 Å². The number of hydrogen-bond acceptors (Lipinski definition) is 6. The number of amides is 2. The molecule has 7 rings (SSSR count). The van der Waals surface area contributed by atoms with E-state index in [0.29, 0.717) is 31.5 Å². The van der Waals surface area contributed by atoms with Gasteiger partial charge in [0.15, 0.2) is 0 Å². The lowest BCUT2D eigenvalue weighted by atomic mass is 9.98. The number of imidazole rings is 2. The zero-order valence-electron chi connectivity index (χ0n) is 28.1. The van der Waals surface area contributed by atoms with Crippen LogP contribution in [0.4, 0.5) is 9.59 Å². The summed E-state index contributed by atoms with van der Waals surface area (Å²) in [6.45, 7) is 12.0. The Morgan fingerprint density at radius 3 is 2.12 bits per heavy atom. The van der Waals surface area contributed by atoms with Gasteiger partial charge in [0.1, 0.15) is 11.4 Å². The third-order valence-corrected chi connectivity index (χ3v) is 9.15. The lowest BCUT2D eigenvalue weighted by Gasteiger charge is -2.27. The van der Waals surface area contributed by atoms with E-state index in [-0.39, 0.29) is 24.2 Å². The predicted molar refractivity (Wildman–Crippen MR) is 185 cm³/mol. The number of aromatic amines is 2. The molecule has 2 N–H and O–H groups in total. The van der Waals surface area contributed by atoms with E-state index in [9.17, 15) is 9.59 Å². The van der Waals surface area contributed by atoms with Gasteiger partial charge in [0.05, 0.1) is 29.8 Å². The molecular formula is C38H42N6O4. The van der Waals surface area contributed by atoms with E-state index in [0.717, 1.165) is 63.1 Å². The quantitative estimate of drug-likeness (QED) is 0.198. The van der Waals surface area contributed by atoms with E-state index in [1.807, 2.05) is 39.1 Å². The number of ether oxygens (including phenoxy) is 2. The number of carbonyl (C=O) groups excluding carboxylic acids is 2. The van der Waals surface area contributed by atoms with E-state index in [2.05, 4.69) is 77.3 Å².